The Morgan fingerprint density at radius 2 is 2.00 bits per heavy atom. The van der Waals surface area contributed by atoms with Crippen LogP contribution in [0.1, 0.15) is 36.8 Å². The van der Waals surface area contributed by atoms with Gasteiger partial charge in [0.2, 0.25) is 0 Å². The summed E-state index contributed by atoms with van der Waals surface area (Å²) < 4.78 is 1.04. The van der Waals surface area contributed by atoms with E-state index in [0.717, 1.165) is 34.6 Å². The summed E-state index contributed by atoms with van der Waals surface area (Å²) in [7, 11) is 2.15. The average Bonchev–Trinajstić information content (AvgIpc) is 2.77. The predicted molar refractivity (Wildman–Crippen MR) is 78.8 cm³/mol. The standard InChI is InChI=1S/C15H22BrNO/c1-11-7-14(16)8-13(15(11)18)10-17(2)9-12-5-3-4-6-12/h7-8,12,18H,3-6,9-10H2,1-2H3. The minimum Gasteiger partial charge on any atom is -0.507 e. The largest absolute Gasteiger partial charge is 0.507 e. The van der Waals surface area contributed by atoms with Gasteiger partial charge < -0.3 is 10.0 Å². The second-order valence-electron chi connectivity index (χ2n) is 5.58. The number of phenolic OH excluding ortho intramolecular Hbond substituents is 1. The second kappa shape index (κ2) is 6.07. The van der Waals surface area contributed by atoms with E-state index >= 15 is 0 Å². The summed E-state index contributed by atoms with van der Waals surface area (Å²) in [6, 6.07) is 3.98. The van der Waals surface area contributed by atoms with Crippen molar-refractivity contribution >= 4 is 15.9 Å². The molecule has 1 aromatic carbocycles. The van der Waals surface area contributed by atoms with Crippen molar-refractivity contribution in [2.24, 2.45) is 5.92 Å². The molecular formula is C15H22BrNO. The van der Waals surface area contributed by atoms with Crippen molar-refractivity contribution in [3.8, 4) is 5.75 Å². The Labute approximate surface area is 118 Å². The van der Waals surface area contributed by atoms with Crippen LogP contribution in [-0.4, -0.2) is 23.6 Å². The number of hydrogen-bond donors (Lipinski definition) is 1. The first-order chi connectivity index (χ1) is 8.56. The molecule has 0 amide bonds. The first-order valence-electron chi connectivity index (χ1n) is 6.73. The van der Waals surface area contributed by atoms with Crippen molar-refractivity contribution < 1.29 is 5.11 Å². The SMILES string of the molecule is Cc1cc(Br)cc(CN(C)CC2CCCC2)c1O. The predicted octanol–water partition coefficient (Wildman–Crippen LogP) is 4.09. The molecule has 1 aliphatic rings. The number of hydrogen-bond acceptors (Lipinski definition) is 2. The van der Waals surface area contributed by atoms with Crippen LogP contribution in [0, 0.1) is 12.8 Å². The Morgan fingerprint density at radius 1 is 1.33 bits per heavy atom. The third kappa shape index (κ3) is 3.48. The topological polar surface area (TPSA) is 23.5 Å². The molecule has 0 radical (unpaired) electrons. The molecule has 0 saturated heterocycles. The summed E-state index contributed by atoms with van der Waals surface area (Å²) in [6.07, 6.45) is 5.52. The Morgan fingerprint density at radius 3 is 2.67 bits per heavy atom. The summed E-state index contributed by atoms with van der Waals surface area (Å²) in [5, 5.41) is 10.1. The monoisotopic (exact) mass is 311 g/mol. The minimum atomic E-state index is 0.441. The Hall–Kier alpha value is -0.540. The average molecular weight is 312 g/mol. The summed E-state index contributed by atoms with van der Waals surface area (Å²) in [5.41, 5.74) is 1.95. The van der Waals surface area contributed by atoms with Crippen LogP contribution < -0.4 is 0 Å². The summed E-state index contributed by atoms with van der Waals surface area (Å²) in [4.78, 5) is 2.33. The van der Waals surface area contributed by atoms with Gasteiger partial charge in [0.05, 0.1) is 0 Å². The number of phenols is 1. The molecule has 0 spiro atoms. The van der Waals surface area contributed by atoms with E-state index in [4.69, 9.17) is 0 Å². The molecule has 1 aromatic rings. The van der Waals surface area contributed by atoms with Gasteiger partial charge in [-0.15, -0.1) is 0 Å². The normalized spacial score (nSPS) is 16.7. The molecule has 0 aromatic heterocycles. The second-order valence-corrected chi connectivity index (χ2v) is 6.49. The van der Waals surface area contributed by atoms with Gasteiger partial charge in [-0.3, -0.25) is 0 Å². The number of aryl methyl sites for hydroxylation is 1. The lowest BCUT2D eigenvalue weighted by atomic mass is 10.1. The van der Waals surface area contributed by atoms with Gasteiger partial charge in [-0.05, 0) is 50.4 Å². The van der Waals surface area contributed by atoms with E-state index < -0.39 is 0 Å². The number of rotatable bonds is 4. The molecule has 1 aliphatic carbocycles. The lowest BCUT2D eigenvalue weighted by Crippen LogP contribution is -2.24. The zero-order chi connectivity index (χ0) is 13.1. The maximum Gasteiger partial charge on any atom is 0.123 e. The molecule has 0 bridgehead atoms. The van der Waals surface area contributed by atoms with Gasteiger partial charge in [0.25, 0.3) is 0 Å². The molecule has 0 unspecified atom stereocenters. The van der Waals surface area contributed by atoms with Gasteiger partial charge in [0, 0.05) is 23.1 Å². The molecule has 1 fully saturated rings. The quantitative estimate of drug-likeness (QED) is 0.905. The van der Waals surface area contributed by atoms with Crippen LogP contribution in [0.25, 0.3) is 0 Å². The van der Waals surface area contributed by atoms with Crippen molar-refractivity contribution in [2.75, 3.05) is 13.6 Å². The number of halogens is 1. The van der Waals surface area contributed by atoms with E-state index in [2.05, 4.69) is 27.9 Å². The number of aromatic hydroxyl groups is 1. The van der Waals surface area contributed by atoms with Crippen molar-refractivity contribution in [3.63, 3.8) is 0 Å². The molecule has 2 rings (SSSR count). The zero-order valence-corrected chi connectivity index (χ0v) is 12.8. The van der Waals surface area contributed by atoms with E-state index in [9.17, 15) is 5.11 Å². The summed E-state index contributed by atoms with van der Waals surface area (Å²) >= 11 is 3.50. The highest BCUT2D eigenvalue weighted by Gasteiger charge is 2.17. The van der Waals surface area contributed by atoms with Crippen LogP contribution in [0.2, 0.25) is 0 Å². The van der Waals surface area contributed by atoms with Crippen LogP contribution in [-0.2, 0) is 6.54 Å². The van der Waals surface area contributed by atoms with Gasteiger partial charge in [0.15, 0.2) is 0 Å². The molecule has 0 atom stereocenters. The maximum atomic E-state index is 10.1. The molecule has 18 heavy (non-hydrogen) atoms. The molecule has 1 saturated carbocycles. The van der Waals surface area contributed by atoms with Gasteiger partial charge in [-0.25, -0.2) is 0 Å². The Balaban J connectivity index is 1.99. The third-order valence-electron chi connectivity index (χ3n) is 3.83. The fourth-order valence-corrected chi connectivity index (χ4v) is 3.53. The fraction of sp³-hybridized carbons (Fsp3) is 0.600. The highest BCUT2D eigenvalue weighted by atomic mass is 79.9. The van der Waals surface area contributed by atoms with E-state index in [1.54, 1.807) is 0 Å². The van der Waals surface area contributed by atoms with Crippen LogP contribution in [0.3, 0.4) is 0 Å². The smallest absolute Gasteiger partial charge is 0.123 e. The molecule has 0 heterocycles. The molecule has 3 heteroatoms. The first-order valence-corrected chi connectivity index (χ1v) is 7.52. The van der Waals surface area contributed by atoms with Gasteiger partial charge in [0.1, 0.15) is 5.75 Å². The van der Waals surface area contributed by atoms with E-state index in [-0.39, 0.29) is 0 Å². The van der Waals surface area contributed by atoms with E-state index in [1.807, 2.05) is 19.1 Å². The lowest BCUT2D eigenvalue weighted by Gasteiger charge is -2.21. The maximum absolute atomic E-state index is 10.1. The molecule has 100 valence electrons. The van der Waals surface area contributed by atoms with Crippen LogP contribution >= 0.6 is 15.9 Å². The van der Waals surface area contributed by atoms with E-state index in [1.165, 1.54) is 25.7 Å². The van der Waals surface area contributed by atoms with Crippen molar-refractivity contribution in [2.45, 2.75) is 39.2 Å². The van der Waals surface area contributed by atoms with Crippen molar-refractivity contribution in [1.82, 2.24) is 4.90 Å². The van der Waals surface area contributed by atoms with Gasteiger partial charge in [-0.2, -0.15) is 0 Å². The van der Waals surface area contributed by atoms with Crippen LogP contribution in [0.4, 0.5) is 0 Å². The lowest BCUT2D eigenvalue weighted by molar-refractivity contribution is 0.267. The van der Waals surface area contributed by atoms with Crippen molar-refractivity contribution in [1.29, 1.82) is 0 Å². The molecule has 1 N–H and O–H groups in total. The highest BCUT2D eigenvalue weighted by molar-refractivity contribution is 9.10. The van der Waals surface area contributed by atoms with Crippen LogP contribution in [0.15, 0.2) is 16.6 Å². The van der Waals surface area contributed by atoms with Crippen molar-refractivity contribution in [3.05, 3.63) is 27.7 Å². The first kappa shape index (κ1) is 13.9. The third-order valence-corrected chi connectivity index (χ3v) is 4.29. The van der Waals surface area contributed by atoms with Gasteiger partial charge in [-0.1, -0.05) is 28.8 Å². The summed E-state index contributed by atoms with van der Waals surface area (Å²) in [6.45, 7) is 3.91. The van der Waals surface area contributed by atoms with E-state index in [0.29, 0.717) is 5.75 Å². The van der Waals surface area contributed by atoms with Gasteiger partial charge >= 0.3 is 0 Å². The highest BCUT2D eigenvalue weighted by Crippen LogP contribution is 2.29. The minimum absolute atomic E-state index is 0.441. The molecule has 0 aliphatic heterocycles. The number of benzene rings is 1. The molecular weight excluding hydrogens is 290 g/mol. The molecule has 2 nitrogen and oxygen atoms in total. The Bertz CT molecular complexity index is 413. The summed E-state index contributed by atoms with van der Waals surface area (Å²) in [5.74, 6) is 1.29. The van der Waals surface area contributed by atoms with Crippen LogP contribution in [0.5, 0.6) is 5.75 Å². The Kier molecular flexibility index (Phi) is 4.68. The number of nitrogens with zero attached hydrogens (tertiary/aromatic N) is 1. The fourth-order valence-electron chi connectivity index (χ4n) is 2.91. The zero-order valence-electron chi connectivity index (χ0n) is 11.2.